The molecule has 0 aliphatic carbocycles. The molecule has 0 unspecified atom stereocenters. The van der Waals surface area contributed by atoms with Crippen molar-refractivity contribution in [2.75, 3.05) is 37.5 Å². The zero-order valence-corrected chi connectivity index (χ0v) is 9.81. The monoisotopic (exact) mass is 222 g/mol. The molecule has 1 N–H and O–H groups in total. The Hall–Kier alpha value is -1.36. The number of aromatic nitrogens is 2. The van der Waals surface area contributed by atoms with Gasteiger partial charge in [-0.1, -0.05) is 0 Å². The Labute approximate surface area is 95.8 Å². The zero-order chi connectivity index (χ0) is 11.4. The maximum Gasteiger partial charge on any atom is 0.134 e. The summed E-state index contributed by atoms with van der Waals surface area (Å²) < 4.78 is 5.36. The van der Waals surface area contributed by atoms with E-state index in [1.54, 1.807) is 6.33 Å². The second kappa shape index (κ2) is 5.12. The molecule has 2 heterocycles. The number of nitrogens with one attached hydrogen (secondary N) is 1. The van der Waals surface area contributed by atoms with Crippen molar-refractivity contribution in [1.29, 1.82) is 0 Å². The van der Waals surface area contributed by atoms with Gasteiger partial charge in [-0.05, 0) is 12.8 Å². The lowest BCUT2D eigenvalue weighted by Gasteiger charge is -2.32. The van der Waals surface area contributed by atoms with Crippen molar-refractivity contribution >= 4 is 11.6 Å². The lowest BCUT2D eigenvalue weighted by atomic mass is 10.1. The highest BCUT2D eigenvalue weighted by Crippen LogP contribution is 2.20. The summed E-state index contributed by atoms with van der Waals surface area (Å²) in [6.07, 6.45) is 3.72. The van der Waals surface area contributed by atoms with Crippen LogP contribution in [-0.4, -0.2) is 43.3 Å². The van der Waals surface area contributed by atoms with Gasteiger partial charge in [0.15, 0.2) is 0 Å². The first-order chi connectivity index (χ1) is 7.81. The van der Waals surface area contributed by atoms with Gasteiger partial charge in [0.2, 0.25) is 0 Å². The van der Waals surface area contributed by atoms with E-state index < -0.39 is 0 Å². The van der Waals surface area contributed by atoms with Gasteiger partial charge in [-0.15, -0.1) is 0 Å². The van der Waals surface area contributed by atoms with Gasteiger partial charge in [0.05, 0.1) is 0 Å². The van der Waals surface area contributed by atoms with Crippen LogP contribution in [0.1, 0.15) is 12.8 Å². The predicted molar refractivity (Wildman–Crippen MR) is 63.8 cm³/mol. The molecule has 1 aromatic rings. The maximum absolute atomic E-state index is 5.36. The van der Waals surface area contributed by atoms with Gasteiger partial charge in [-0.2, -0.15) is 0 Å². The van der Waals surface area contributed by atoms with E-state index in [9.17, 15) is 0 Å². The summed E-state index contributed by atoms with van der Waals surface area (Å²) in [6.45, 7) is 1.69. The van der Waals surface area contributed by atoms with Crippen molar-refractivity contribution in [2.45, 2.75) is 18.9 Å². The van der Waals surface area contributed by atoms with Crippen molar-refractivity contribution in [1.82, 2.24) is 9.97 Å². The number of anilines is 2. The summed E-state index contributed by atoms with van der Waals surface area (Å²) in [7, 11) is 3.94. The van der Waals surface area contributed by atoms with Crippen molar-refractivity contribution in [3.8, 4) is 0 Å². The standard InChI is InChI=1S/C11H18N4O/c1-12-10-7-11(14-8-13-10)15(2)9-3-5-16-6-4-9/h7-9H,3-6H2,1-2H3,(H,12,13,14). The molecule has 0 aromatic carbocycles. The smallest absolute Gasteiger partial charge is 0.134 e. The summed E-state index contributed by atoms with van der Waals surface area (Å²) in [5.41, 5.74) is 0. The molecule has 0 amide bonds. The van der Waals surface area contributed by atoms with Gasteiger partial charge < -0.3 is 15.0 Å². The lowest BCUT2D eigenvalue weighted by Crippen LogP contribution is -2.37. The fourth-order valence-electron chi connectivity index (χ4n) is 1.94. The quantitative estimate of drug-likeness (QED) is 0.831. The SMILES string of the molecule is CNc1cc(N(C)C2CCOCC2)ncn1. The van der Waals surface area contributed by atoms with Crippen molar-refractivity contribution in [3.05, 3.63) is 12.4 Å². The Morgan fingerprint density at radius 2 is 2.12 bits per heavy atom. The molecule has 0 saturated carbocycles. The second-order valence-electron chi connectivity index (χ2n) is 3.97. The molecule has 5 nitrogen and oxygen atoms in total. The normalized spacial score (nSPS) is 17.1. The average Bonchev–Trinajstić information content (AvgIpc) is 2.39. The first kappa shape index (κ1) is 11.1. The van der Waals surface area contributed by atoms with E-state index in [4.69, 9.17) is 4.74 Å². The van der Waals surface area contributed by atoms with E-state index in [-0.39, 0.29) is 0 Å². The van der Waals surface area contributed by atoms with Crippen LogP contribution < -0.4 is 10.2 Å². The van der Waals surface area contributed by atoms with Crippen LogP contribution in [0.3, 0.4) is 0 Å². The van der Waals surface area contributed by atoms with Crippen LogP contribution in [0.15, 0.2) is 12.4 Å². The third kappa shape index (κ3) is 2.41. The van der Waals surface area contributed by atoms with E-state index in [2.05, 4.69) is 27.2 Å². The zero-order valence-electron chi connectivity index (χ0n) is 9.81. The molecule has 0 spiro atoms. The van der Waals surface area contributed by atoms with E-state index in [1.165, 1.54) is 0 Å². The number of ether oxygens (including phenoxy) is 1. The molecular formula is C11H18N4O. The summed E-state index contributed by atoms with van der Waals surface area (Å²) >= 11 is 0. The molecule has 1 fully saturated rings. The topological polar surface area (TPSA) is 50.3 Å². The maximum atomic E-state index is 5.36. The van der Waals surface area contributed by atoms with Crippen LogP contribution in [0.2, 0.25) is 0 Å². The summed E-state index contributed by atoms with van der Waals surface area (Å²) in [5.74, 6) is 1.81. The van der Waals surface area contributed by atoms with E-state index in [0.29, 0.717) is 6.04 Å². The van der Waals surface area contributed by atoms with Crippen LogP contribution >= 0.6 is 0 Å². The predicted octanol–water partition coefficient (Wildman–Crippen LogP) is 1.13. The van der Waals surface area contributed by atoms with Gasteiger partial charge in [-0.3, -0.25) is 0 Å². The van der Waals surface area contributed by atoms with Crippen LogP contribution in [0.4, 0.5) is 11.6 Å². The Morgan fingerprint density at radius 1 is 1.38 bits per heavy atom. The van der Waals surface area contributed by atoms with E-state index >= 15 is 0 Å². The molecule has 88 valence electrons. The Kier molecular flexibility index (Phi) is 3.56. The van der Waals surface area contributed by atoms with E-state index in [1.807, 2.05) is 13.1 Å². The van der Waals surface area contributed by atoms with Gasteiger partial charge in [-0.25, -0.2) is 9.97 Å². The fourth-order valence-corrected chi connectivity index (χ4v) is 1.94. The summed E-state index contributed by atoms with van der Waals surface area (Å²) in [5, 5.41) is 3.02. The lowest BCUT2D eigenvalue weighted by molar-refractivity contribution is 0.0853. The van der Waals surface area contributed by atoms with Gasteiger partial charge >= 0.3 is 0 Å². The number of hydrogen-bond donors (Lipinski definition) is 1. The highest BCUT2D eigenvalue weighted by Gasteiger charge is 2.19. The Balaban J connectivity index is 2.09. The second-order valence-corrected chi connectivity index (χ2v) is 3.97. The minimum absolute atomic E-state index is 0.522. The molecule has 5 heteroatoms. The minimum Gasteiger partial charge on any atom is -0.381 e. The fraction of sp³-hybridized carbons (Fsp3) is 0.636. The van der Waals surface area contributed by atoms with Gasteiger partial charge in [0.25, 0.3) is 0 Å². The molecule has 0 radical (unpaired) electrons. The molecule has 0 atom stereocenters. The van der Waals surface area contributed by atoms with Crippen LogP contribution in [-0.2, 0) is 4.74 Å². The molecule has 16 heavy (non-hydrogen) atoms. The Bertz CT molecular complexity index is 339. The molecule has 1 saturated heterocycles. The highest BCUT2D eigenvalue weighted by atomic mass is 16.5. The molecular weight excluding hydrogens is 204 g/mol. The number of hydrogen-bond acceptors (Lipinski definition) is 5. The molecule has 1 aromatic heterocycles. The number of rotatable bonds is 3. The largest absolute Gasteiger partial charge is 0.381 e. The molecule has 1 aliphatic heterocycles. The molecule has 1 aliphatic rings. The van der Waals surface area contributed by atoms with Crippen molar-refractivity contribution in [3.63, 3.8) is 0 Å². The van der Waals surface area contributed by atoms with Crippen LogP contribution in [0.5, 0.6) is 0 Å². The number of nitrogens with zero attached hydrogens (tertiary/aromatic N) is 3. The third-order valence-corrected chi connectivity index (χ3v) is 3.01. The van der Waals surface area contributed by atoms with E-state index in [0.717, 1.165) is 37.7 Å². The summed E-state index contributed by atoms with van der Waals surface area (Å²) in [4.78, 5) is 10.6. The third-order valence-electron chi connectivity index (χ3n) is 3.01. The first-order valence-corrected chi connectivity index (χ1v) is 5.61. The molecule has 2 rings (SSSR count). The van der Waals surface area contributed by atoms with Crippen LogP contribution in [0, 0.1) is 0 Å². The molecule has 0 bridgehead atoms. The van der Waals surface area contributed by atoms with Crippen LogP contribution in [0.25, 0.3) is 0 Å². The van der Waals surface area contributed by atoms with Crippen molar-refractivity contribution in [2.24, 2.45) is 0 Å². The highest BCUT2D eigenvalue weighted by molar-refractivity contribution is 5.48. The van der Waals surface area contributed by atoms with Gasteiger partial charge in [0, 0.05) is 39.4 Å². The van der Waals surface area contributed by atoms with Crippen molar-refractivity contribution < 1.29 is 4.74 Å². The van der Waals surface area contributed by atoms with Gasteiger partial charge in [0.1, 0.15) is 18.0 Å². The average molecular weight is 222 g/mol. The Morgan fingerprint density at radius 3 is 2.81 bits per heavy atom. The first-order valence-electron chi connectivity index (χ1n) is 5.61. The minimum atomic E-state index is 0.522. The summed E-state index contributed by atoms with van der Waals surface area (Å²) in [6, 6.07) is 2.49.